The molecule has 0 spiro atoms. The topological polar surface area (TPSA) is 176 Å². The SMILES string of the molecule is CCCCCN.CCCCCNC(=O)Cc1c(C)nc2ccccc2c1-c1ccccc1.Cc1nc2ccccc2c(-c2ccccc2)c1CC(=O)O.O=C1CCC(=O)N1O. The number of aromatic nitrogens is 2. The van der Waals surface area contributed by atoms with Crippen molar-refractivity contribution in [3.8, 4) is 22.3 Å². The number of hydrogen-bond acceptors (Lipinski definition) is 8. The zero-order chi connectivity index (χ0) is 44.1. The molecule has 11 nitrogen and oxygen atoms in total. The predicted octanol–water partition coefficient (Wildman–Crippen LogP) is 9.56. The highest BCUT2D eigenvalue weighted by Gasteiger charge is 2.27. The smallest absolute Gasteiger partial charge is 0.307 e. The lowest BCUT2D eigenvalue weighted by Crippen LogP contribution is -2.26. The highest BCUT2D eigenvalue weighted by Crippen LogP contribution is 2.34. The van der Waals surface area contributed by atoms with Crippen molar-refractivity contribution >= 4 is 45.5 Å². The van der Waals surface area contributed by atoms with Crippen molar-refractivity contribution in [1.82, 2.24) is 20.3 Å². The van der Waals surface area contributed by atoms with E-state index in [0.29, 0.717) is 6.42 Å². The Bertz CT molecular complexity index is 2350. The minimum atomic E-state index is -0.840. The molecule has 0 aliphatic carbocycles. The zero-order valence-corrected chi connectivity index (χ0v) is 35.8. The van der Waals surface area contributed by atoms with E-state index < -0.39 is 17.8 Å². The number of pyridine rings is 2. The van der Waals surface area contributed by atoms with Crippen LogP contribution in [-0.4, -0.2) is 62.1 Å². The molecule has 1 fully saturated rings. The molecule has 0 atom stereocenters. The molecule has 4 aromatic carbocycles. The lowest BCUT2D eigenvalue weighted by molar-refractivity contribution is -0.171. The minimum absolute atomic E-state index is 0.0199. The number of rotatable bonds is 13. The summed E-state index contributed by atoms with van der Waals surface area (Å²) >= 11 is 0. The summed E-state index contributed by atoms with van der Waals surface area (Å²) in [6.07, 6.45) is 7.72. The Balaban J connectivity index is 0.000000207. The number of hydroxylamine groups is 2. The summed E-state index contributed by atoms with van der Waals surface area (Å²) in [6.45, 7) is 9.81. The lowest BCUT2D eigenvalue weighted by Gasteiger charge is -2.16. The number of unbranched alkanes of at least 4 members (excludes halogenated alkanes) is 4. The van der Waals surface area contributed by atoms with E-state index in [1.807, 2.05) is 105 Å². The van der Waals surface area contributed by atoms with Crippen LogP contribution in [0.2, 0.25) is 0 Å². The predicted molar refractivity (Wildman–Crippen MR) is 243 cm³/mol. The first-order valence-electron chi connectivity index (χ1n) is 21.1. The molecule has 2 aromatic heterocycles. The number of carbonyl (C=O) groups excluding carboxylic acids is 3. The number of amides is 3. The van der Waals surface area contributed by atoms with Gasteiger partial charge < -0.3 is 16.2 Å². The van der Waals surface area contributed by atoms with Crippen LogP contribution in [0.4, 0.5) is 0 Å². The Morgan fingerprint density at radius 3 is 1.46 bits per heavy atom. The first-order chi connectivity index (χ1) is 29.5. The van der Waals surface area contributed by atoms with E-state index in [-0.39, 0.29) is 30.2 Å². The van der Waals surface area contributed by atoms with Gasteiger partial charge in [-0.15, -0.1) is 0 Å². The van der Waals surface area contributed by atoms with Crippen LogP contribution in [0.25, 0.3) is 44.1 Å². The summed E-state index contributed by atoms with van der Waals surface area (Å²) in [6, 6.07) is 36.2. The molecule has 6 aromatic rings. The fourth-order valence-corrected chi connectivity index (χ4v) is 6.99. The quantitative estimate of drug-likeness (QED) is 0.0502. The number of para-hydroxylation sites is 2. The van der Waals surface area contributed by atoms with Gasteiger partial charge in [-0.3, -0.25) is 34.4 Å². The molecule has 0 bridgehead atoms. The van der Waals surface area contributed by atoms with Crippen LogP contribution in [-0.2, 0) is 32.0 Å². The van der Waals surface area contributed by atoms with E-state index >= 15 is 0 Å². The van der Waals surface area contributed by atoms with Crippen molar-refractivity contribution in [2.24, 2.45) is 5.73 Å². The van der Waals surface area contributed by atoms with E-state index in [0.717, 1.165) is 98.9 Å². The average molecular weight is 826 g/mol. The molecule has 61 heavy (non-hydrogen) atoms. The second-order valence-electron chi connectivity index (χ2n) is 14.8. The van der Waals surface area contributed by atoms with Crippen molar-refractivity contribution < 1.29 is 29.5 Å². The highest BCUT2D eigenvalue weighted by molar-refractivity contribution is 6.01. The number of carboxylic acid groups (broad SMARTS) is 1. The molecular weight excluding hydrogens is 767 g/mol. The number of carbonyl (C=O) groups is 4. The van der Waals surface area contributed by atoms with Gasteiger partial charge in [0.2, 0.25) is 5.91 Å². The van der Waals surface area contributed by atoms with Gasteiger partial charge in [0.1, 0.15) is 0 Å². The third-order valence-corrected chi connectivity index (χ3v) is 10.1. The molecular formula is C50H59N5O6. The van der Waals surface area contributed by atoms with Crippen LogP contribution < -0.4 is 11.1 Å². The number of carboxylic acids is 1. The monoisotopic (exact) mass is 825 g/mol. The summed E-state index contributed by atoms with van der Waals surface area (Å²) in [4.78, 5) is 53.5. The third kappa shape index (κ3) is 13.9. The van der Waals surface area contributed by atoms with Crippen molar-refractivity contribution in [1.29, 1.82) is 0 Å². The molecule has 7 rings (SSSR count). The first-order valence-corrected chi connectivity index (χ1v) is 21.1. The van der Waals surface area contributed by atoms with Gasteiger partial charge in [-0.05, 0) is 78.7 Å². The number of benzene rings is 4. The van der Waals surface area contributed by atoms with Gasteiger partial charge >= 0.3 is 5.97 Å². The normalized spacial score (nSPS) is 11.9. The number of nitrogens with zero attached hydrogens (tertiary/aromatic N) is 3. The third-order valence-electron chi connectivity index (χ3n) is 10.1. The minimum Gasteiger partial charge on any atom is -0.481 e. The van der Waals surface area contributed by atoms with Gasteiger partial charge in [-0.25, -0.2) is 0 Å². The fraction of sp³-hybridized carbons (Fsp3) is 0.320. The van der Waals surface area contributed by atoms with Crippen LogP contribution in [0, 0.1) is 13.8 Å². The second kappa shape index (κ2) is 24.7. The van der Waals surface area contributed by atoms with Crippen LogP contribution in [0.15, 0.2) is 109 Å². The van der Waals surface area contributed by atoms with Crippen molar-refractivity contribution in [3.05, 3.63) is 132 Å². The Kier molecular flexibility index (Phi) is 19.2. The maximum atomic E-state index is 12.5. The van der Waals surface area contributed by atoms with Crippen molar-refractivity contribution in [2.75, 3.05) is 13.1 Å². The molecule has 1 saturated heterocycles. The van der Waals surface area contributed by atoms with Gasteiger partial charge in [0.25, 0.3) is 11.8 Å². The molecule has 11 heteroatoms. The maximum absolute atomic E-state index is 12.5. The van der Waals surface area contributed by atoms with Crippen LogP contribution >= 0.6 is 0 Å². The van der Waals surface area contributed by atoms with E-state index in [9.17, 15) is 24.3 Å². The summed E-state index contributed by atoms with van der Waals surface area (Å²) in [7, 11) is 0. The Hall–Kier alpha value is -6.30. The lowest BCUT2D eigenvalue weighted by atomic mass is 9.92. The average Bonchev–Trinajstić information content (AvgIpc) is 3.56. The Morgan fingerprint density at radius 1 is 0.639 bits per heavy atom. The zero-order valence-electron chi connectivity index (χ0n) is 35.8. The summed E-state index contributed by atoms with van der Waals surface area (Å²) < 4.78 is 0. The standard InChI is InChI=1S/C23H26N2O.C18H15NO2.C5H13N.C4H5NO3/c1-3-4-10-15-24-22(26)16-20-17(2)25-21-14-9-8-13-19(21)23(20)18-11-6-5-7-12-18;1-12-15(11-17(20)21)18(13-7-3-2-4-8-13)14-9-5-6-10-16(14)19-12;1-2-3-4-5-6;6-3-1-2-4(7)5(3)8/h5-9,11-14H,3-4,10,15-16H2,1-2H3,(H,24,26);2-10H,11H2,1H3,(H,20,21);2-6H2,1H3;8H,1-2H2. The van der Waals surface area contributed by atoms with E-state index in [1.54, 1.807) is 0 Å². The molecule has 3 amide bonds. The van der Waals surface area contributed by atoms with Crippen LogP contribution in [0.3, 0.4) is 0 Å². The fourth-order valence-electron chi connectivity index (χ4n) is 6.99. The van der Waals surface area contributed by atoms with Crippen LogP contribution in [0.1, 0.15) is 87.7 Å². The molecule has 0 saturated carbocycles. The number of aliphatic carboxylic acids is 1. The van der Waals surface area contributed by atoms with Gasteiger partial charge in [-0.2, -0.15) is 5.06 Å². The number of fused-ring (bicyclic) bond motifs is 2. The van der Waals surface area contributed by atoms with Gasteiger partial charge in [0.05, 0.1) is 23.9 Å². The number of hydrogen-bond donors (Lipinski definition) is 4. The Labute approximate surface area is 359 Å². The molecule has 5 N–H and O–H groups in total. The van der Waals surface area contributed by atoms with Crippen LogP contribution in [0.5, 0.6) is 0 Å². The summed E-state index contributed by atoms with van der Waals surface area (Å²) in [5.74, 6) is -1.78. The van der Waals surface area contributed by atoms with E-state index in [1.165, 1.54) is 19.3 Å². The maximum Gasteiger partial charge on any atom is 0.307 e. The van der Waals surface area contributed by atoms with Crippen molar-refractivity contribution in [3.63, 3.8) is 0 Å². The first kappa shape index (κ1) is 47.4. The molecule has 320 valence electrons. The van der Waals surface area contributed by atoms with Gasteiger partial charge in [0, 0.05) is 41.5 Å². The molecule has 1 aliphatic rings. The van der Waals surface area contributed by atoms with Gasteiger partial charge in [0.15, 0.2) is 0 Å². The van der Waals surface area contributed by atoms with Gasteiger partial charge in [-0.1, -0.05) is 137 Å². The molecule has 0 unspecified atom stereocenters. The number of aryl methyl sites for hydroxylation is 2. The van der Waals surface area contributed by atoms with Crippen molar-refractivity contribution in [2.45, 2.75) is 91.9 Å². The molecule has 3 heterocycles. The van der Waals surface area contributed by atoms with E-state index in [4.69, 9.17) is 15.9 Å². The number of imide groups is 1. The Morgan fingerprint density at radius 2 is 1.07 bits per heavy atom. The summed E-state index contributed by atoms with van der Waals surface area (Å²) in [5, 5.41) is 22.9. The number of nitrogens with one attached hydrogen (secondary N) is 1. The molecule has 1 aliphatic heterocycles. The highest BCUT2D eigenvalue weighted by atomic mass is 16.5. The number of nitrogens with two attached hydrogens (primary N) is 1. The summed E-state index contributed by atoms with van der Waals surface area (Å²) in [5.41, 5.74) is 14.8. The van der Waals surface area contributed by atoms with E-state index in [2.05, 4.69) is 42.3 Å². The second-order valence-corrected chi connectivity index (χ2v) is 14.8. The molecule has 0 radical (unpaired) electrons. The largest absolute Gasteiger partial charge is 0.481 e.